The van der Waals surface area contributed by atoms with Gasteiger partial charge in [-0.2, -0.15) is 0 Å². The SMILES string of the molecule is Cc1ccc(CNc2ccc([As]=O)cc2)cc1Cl. The molecule has 0 unspecified atom stereocenters. The molecule has 0 aliphatic rings. The molecule has 4 heteroatoms. The standard InChI is InChI=1S/C14H13AsClNO/c1-10-2-3-11(8-14(10)16)9-17-13-6-4-12(15-18)5-7-13/h2-8,17H,9H2,1H3. The first-order valence-electron chi connectivity index (χ1n) is 5.61. The second-order valence-electron chi connectivity index (χ2n) is 4.08. The summed E-state index contributed by atoms with van der Waals surface area (Å²) in [5, 5.41) is 4.10. The molecule has 2 aromatic rings. The third-order valence-electron chi connectivity index (χ3n) is 2.71. The number of hydrogen-bond acceptors (Lipinski definition) is 2. The number of halogens is 1. The van der Waals surface area contributed by atoms with E-state index in [1.807, 2.05) is 43.3 Å². The van der Waals surface area contributed by atoms with Crippen molar-refractivity contribution in [3.63, 3.8) is 0 Å². The molecule has 0 aliphatic heterocycles. The van der Waals surface area contributed by atoms with Gasteiger partial charge in [-0.15, -0.1) is 0 Å². The fourth-order valence-electron chi connectivity index (χ4n) is 1.59. The van der Waals surface area contributed by atoms with Crippen LogP contribution >= 0.6 is 11.6 Å². The van der Waals surface area contributed by atoms with Gasteiger partial charge < -0.3 is 0 Å². The number of hydrogen-bond donors (Lipinski definition) is 1. The summed E-state index contributed by atoms with van der Waals surface area (Å²) in [5.41, 5.74) is 3.25. The van der Waals surface area contributed by atoms with Gasteiger partial charge in [0.2, 0.25) is 0 Å². The summed E-state index contributed by atoms with van der Waals surface area (Å²) in [7, 11) is 0. The maximum atomic E-state index is 10.8. The van der Waals surface area contributed by atoms with Crippen LogP contribution in [0, 0.1) is 6.92 Å². The Morgan fingerprint density at radius 1 is 1.17 bits per heavy atom. The second kappa shape index (κ2) is 6.17. The van der Waals surface area contributed by atoms with E-state index < -0.39 is 15.7 Å². The number of aryl methyl sites for hydroxylation is 1. The van der Waals surface area contributed by atoms with Crippen LogP contribution in [-0.2, 0) is 10.3 Å². The van der Waals surface area contributed by atoms with Gasteiger partial charge in [0.05, 0.1) is 0 Å². The first kappa shape index (κ1) is 13.3. The molecule has 0 aromatic heterocycles. The van der Waals surface area contributed by atoms with Crippen molar-refractivity contribution in [3.05, 3.63) is 58.6 Å². The number of rotatable bonds is 4. The van der Waals surface area contributed by atoms with Crippen molar-refractivity contribution in [3.8, 4) is 0 Å². The first-order valence-corrected chi connectivity index (χ1v) is 7.69. The van der Waals surface area contributed by atoms with Gasteiger partial charge in [-0.1, -0.05) is 0 Å². The minimum absolute atomic E-state index is 0.727. The van der Waals surface area contributed by atoms with E-state index in [-0.39, 0.29) is 0 Å². The molecular weight excluding hydrogens is 309 g/mol. The van der Waals surface area contributed by atoms with Crippen LogP contribution < -0.4 is 9.67 Å². The van der Waals surface area contributed by atoms with Crippen molar-refractivity contribution in [2.75, 3.05) is 5.32 Å². The van der Waals surface area contributed by atoms with Gasteiger partial charge in [0.25, 0.3) is 0 Å². The quantitative estimate of drug-likeness (QED) is 0.877. The van der Waals surface area contributed by atoms with E-state index in [4.69, 9.17) is 11.6 Å². The van der Waals surface area contributed by atoms with Gasteiger partial charge >= 0.3 is 118 Å². The monoisotopic (exact) mass is 321 g/mol. The van der Waals surface area contributed by atoms with Crippen LogP contribution in [0.1, 0.15) is 11.1 Å². The molecule has 0 aliphatic carbocycles. The second-order valence-corrected chi connectivity index (χ2v) is 5.95. The van der Waals surface area contributed by atoms with Crippen LogP contribution in [0.2, 0.25) is 5.02 Å². The minimum atomic E-state index is -0.930. The van der Waals surface area contributed by atoms with Crippen molar-refractivity contribution in [2.24, 2.45) is 0 Å². The van der Waals surface area contributed by atoms with Crippen molar-refractivity contribution >= 4 is 37.3 Å². The summed E-state index contributed by atoms with van der Waals surface area (Å²) in [5.74, 6) is 0. The predicted octanol–water partition coefficient (Wildman–Crippen LogP) is 2.94. The fourth-order valence-corrected chi connectivity index (χ4v) is 2.36. The Morgan fingerprint density at radius 3 is 2.50 bits per heavy atom. The average Bonchev–Trinajstić information content (AvgIpc) is 2.41. The Bertz CT molecular complexity index is 554. The molecule has 0 spiro atoms. The zero-order valence-electron chi connectivity index (χ0n) is 9.98. The molecule has 0 bridgehead atoms. The molecule has 92 valence electrons. The van der Waals surface area contributed by atoms with E-state index >= 15 is 0 Å². The zero-order chi connectivity index (χ0) is 13.0. The normalized spacial score (nSPS) is 10.6. The van der Waals surface area contributed by atoms with Crippen molar-refractivity contribution < 1.29 is 3.74 Å². The van der Waals surface area contributed by atoms with Crippen molar-refractivity contribution in [1.29, 1.82) is 0 Å². The molecule has 0 saturated carbocycles. The fraction of sp³-hybridized carbons (Fsp3) is 0.143. The van der Waals surface area contributed by atoms with E-state index in [1.54, 1.807) is 0 Å². The van der Waals surface area contributed by atoms with Gasteiger partial charge in [-0.05, 0) is 0 Å². The molecule has 0 amide bonds. The van der Waals surface area contributed by atoms with Gasteiger partial charge in [0, 0.05) is 0 Å². The Morgan fingerprint density at radius 2 is 1.89 bits per heavy atom. The number of nitrogens with one attached hydrogen (secondary N) is 1. The molecule has 0 heterocycles. The van der Waals surface area contributed by atoms with Gasteiger partial charge in [-0.3, -0.25) is 0 Å². The Hall–Kier alpha value is -1.11. The molecule has 2 nitrogen and oxygen atoms in total. The summed E-state index contributed by atoms with van der Waals surface area (Å²) in [4.78, 5) is 0. The summed E-state index contributed by atoms with van der Waals surface area (Å²) < 4.78 is 11.6. The van der Waals surface area contributed by atoms with Crippen molar-refractivity contribution in [2.45, 2.75) is 13.5 Å². The molecular formula is C14H13AsClNO. The van der Waals surface area contributed by atoms with Gasteiger partial charge in [-0.25, -0.2) is 0 Å². The molecule has 0 fully saturated rings. The summed E-state index contributed by atoms with van der Waals surface area (Å²) in [6, 6.07) is 13.7. The molecule has 2 rings (SSSR count). The maximum absolute atomic E-state index is 10.8. The summed E-state index contributed by atoms with van der Waals surface area (Å²) >= 11 is 5.15. The van der Waals surface area contributed by atoms with Gasteiger partial charge in [0.1, 0.15) is 0 Å². The molecule has 1 N–H and O–H groups in total. The van der Waals surface area contributed by atoms with Crippen LogP contribution in [-0.4, -0.2) is 15.7 Å². The molecule has 0 radical (unpaired) electrons. The Kier molecular flexibility index (Phi) is 4.57. The van der Waals surface area contributed by atoms with E-state index in [0.717, 1.165) is 32.7 Å². The van der Waals surface area contributed by atoms with Crippen LogP contribution in [0.3, 0.4) is 0 Å². The van der Waals surface area contributed by atoms with Crippen LogP contribution in [0.4, 0.5) is 5.69 Å². The topological polar surface area (TPSA) is 29.1 Å². The summed E-state index contributed by atoms with van der Waals surface area (Å²) in [6.07, 6.45) is 0. The molecule has 0 saturated heterocycles. The van der Waals surface area contributed by atoms with Crippen LogP contribution in [0.25, 0.3) is 0 Å². The van der Waals surface area contributed by atoms with E-state index in [0.29, 0.717) is 0 Å². The molecule has 0 atom stereocenters. The first-order chi connectivity index (χ1) is 8.69. The Labute approximate surface area is 118 Å². The van der Waals surface area contributed by atoms with E-state index in [2.05, 4.69) is 11.4 Å². The third-order valence-corrected chi connectivity index (χ3v) is 4.18. The van der Waals surface area contributed by atoms with E-state index in [1.165, 1.54) is 0 Å². The predicted molar refractivity (Wildman–Crippen MR) is 76.0 cm³/mol. The number of benzene rings is 2. The summed E-state index contributed by atoms with van der Waals surface area (Å²) in [6.45, 7) is 2.72. The van der Waals surface area contributed by atoms with Gasteiger partial charge in [0.15, 0.2) is 0 Å². The average molecular weight is 322 g/mol. The van der Waals surface area contributed by atoms with Crippen LogP contribution in [0.15, 0.2) is 42.5 Å². The van der Waals surface area contributed by atoms with E-state index in [9.17, 15) is 3.74 Å². The molecule has 18 heavy (non-hydrogen) atoms. The van der Waals surface area contributed by atoms with Crippen molar-refractivity contribution in [1.82, 2.24) is 0 Å². The molecule has 2 aromatic carbocycles. The zero-order valence-corrected chi connectivity index (χ0v) is 12.6. The number of anilines is 1. The van der Waals surface area contributed by atoms with Crippen LogP contribution in [0.5, 0.6) is 0 Å². The Balaban J connectivity index is 2.01. The third kappa shape index (κ3) is 3.44.